The topological polar surface area (TPSA) is 127 Å². The van der Waals surface area contributed by atoms with Gasteiger partial charge in [0.25, 0.3) is 5.95 Å². The van der Waals surface area contributed by atoms with Gasteiger partial charge in [-0.05, 0) is 25.1 Å². The number of imidazole rings is 1. The smallest absolute Gasteiger partial charge is 0.543 e. The normalized spacial score (nSPS) is 13.4. The van der Waals surface area contributed by atoms with Crippen LogP contribution in [0.1, 0.15) is 17.4 Å². The minimum absolute atomic E-state index is 0. The molecule has 0 radical (unpaired) electrons. The summed E-state index contributed by atoms with van der Waals surface area (Å²) in [6.45, 7) is 5.06. The van der Waals surface area contributed by atoms with Crippen molar-refractivity contribution in [3.8, 4) is 28.6 Å². The number of carboxylic acid groups (broad SMARTS) is 1. The monoisotopic (exact) mass is 502 g/mol. The van der Waals surface area contributed by atoms with Gasteiger partial charge in [0.15, 0.2) is 17.0 Å². The first-order valence-corrected chi connectivity index (χ1v) is 12.0. The third-order valence-corrected chi connectivity index (χ3v) is 6.31. The molecule has 186 valence electrons. The molecule has 6 rings (SSSR count). The minimum Gasteiger partial charge on any atom is -0.543 e. The predicted molar refractivity (Wildman–Crippen MR) is 134 cm³/mol. The maximum Gasteiger partial charge on any atom is 1.00 e. The van der Waals surface area contributed by atoms with Crippen LogP contribution in [0.5, 0.6) is 0 Å². The summed E-state index contributed by atoms with van der Waals surface area (Å²) in [4.78, 5) is 32.7. The van der Waals surface area contributed by atoms with Crippen LogP contribution in [0.3, 0.4) is 0 Å². The molecule has 0 atom stereocenters. The fourth-order valence-electron chi connectivity index (χ4n) is 4.53. The number of carbonyl (C=O) groups is 1. The van der Waals surface area contributed by atoms with Crippen molar-refractivity contribution in [3.05, 3.63) is 66.6 Å². The number of rotatable bonds is 6. The largest absolute Gasteiger partial charge is 1.00 e. The molecule has 1 saturated heterocycles. The van der Waals surface area contributed by atoms with Crippen molar-refractivity contribution < 1.29 is 33.5 Å². The van der Waals surface area contributed by atoms with Crippen molar-refractivity contribution in [2.75, 3.05) is 31.2 Å². The van der Waals surface area contributed by atoms with E-state index in [1.807, 2.05) is 54.0 Å². The number of aryl methyl sites for hydroxylation is 1. The van der Waals surface area contributed by atoms with E-state index < -0.39 is 5.97 Å². The maximum atomic E-state index is 11.7. The van der Waals surface area contributed by atoms with Gasteiger partial charge in [-0.2, -0.15) is 19.7 Å². The summed E-state index contributed by atoms with van der Waals surface area (Å²) in [5.41, 5.74) is 3.33. The third kappa shape index (κ3) is 4.56. The summed E-state index contributed by atoms with van der Waals surface area (Å²) in [6, 6.07) is 14.7. The van der Waals surface area contributed by atoms with Crippen molar-refractivity contribution >= 4 is 23.0 Å². The summed E-state index contributed by atoms with van der Waals surface area (Å²) in [5.74, 6) is 0.274. The molecule has 0 N–H and O–H groups in total. The van der Waals surface area contributed by atoms with Crippen LogP contribution < -0.4 is 28.9 Å². The van der Waals surface area contributed by atoms with Crippen molar-refractivity contribution in [2.24, 2.45) is 0 Å². The number of ether oxygens (including phenoxy) is 1. The Balaban J connectivity index is 0.00000294. The molecule has 4 aromatic heterocycles. The van der Waals surface area contributed by atoms with Crippen LogP contribution in [0, 0.1) is 0 Å². The summed E-state index contributed by atoms with van der Waals surface area (Å²) in [6.07, 6.45) is 3.46. The van der Waals surface area contributed by atoms with Gasteiger partial charge in [0.2, 0.25) is 0 Å². The first-order chi connectivity index (χ1) is 18.1. The van der Waals surface area contributed by atoms with Gasteiger partial charge in [-0.1, -0.05) is 30.3 Å². The Kier molecular flexibility index (Phi) is 7.24. The number of hydrogen-bond donors (Lipinski definition) is 0. The Morgan fingerprint density at radius 2 is 1.74 bits per heavy atom. The zero-order chi connectivity index (χ0) is 25.4. The SMILES string of the molecule is CCn1c(-c2ccncc2)nc2c(N3CCOCC3)nc(-n3nc(C(=O)[O-])cc3-c3ccccc3)nc21.[Li+]. The Morgan fingerprint density at radius 1 is 1.00 bits per heavy atom. The molecule has 0 saturated carbocycles. The van der Waals surface area contributed by atoms with Crippen molar-refractivity contribution in [3.63, 3.8) is 0 Å². The molecule has 5 heterocycles. The fraction of sp³-hybridized carbons (Fsp3) is 0.231. The number of anilines is 1. The zero-order valence-corrected chi connectivity index (χ0v) is 21.1. The van der Waals surface area contributed by atoms with Crippen LogP contribution in [0.4, 0.5) is 5.82 Å². The summed E-state index contributed by atoms with van der Waals surface area (Å²) in [7, 11) is 0. The quantitative estimate of drug-likeness (QED) is 0.268. The van der Waals surface area contributed by atoms with Gasteiger partial charge in [-0.3, -0.25) is 4.98 Å². The molecule has 1 fully saturated rings. The molecule has 0 aliphatic carbocycles. The number of aromatic carboxylic acids is 1. The molecule has 1 aliphatic heterocycles. The number of carboxylic acids is 1. The number of nitrogens with zero attached hydrogens (tertiary/aromatic N) is 8. The Morgan fingerprint density at radius 3 is 2.42 bits per heavy atom. The van der Waals surface area contributed by atoms with Crippen LogP contribution >= 0.6 is 0 Å². The van der Waals surface area contributed by atoms with E-state index in [0.29, 0.717) is 55.5 Å². The number of aromatic nitrogens is 7. The molecule has 11 nitrogen and oxygen atoms in total. The van der Waals surface area contributed by atoms with E-state index in [1.54, 1.807) is 12.4 Å². The molecule has 0 bridgehead atoms. The second-order valence-electron chi connectivity index (χ2n) is 8.51. The fourth-order valence-corrected chi connectivity index (χ4v) is 4.53. The average Bonchev–Trinajstić information content (AvgIpc) is 3.56. The Labute approximate surface area is 230 Å². The maximum absolute atomic E-state index is 11.7. The average molecular weight is 502 g/mol. The molecule has 5 aromatic rings. The number of hydrogen-bond acceptors (Lipinski definition) is 9. The van der Waals surface area contributed by atoms with Gasteiger partial charge < -0.3 is 24.1 Å². The molecule has 1 aromatic carbocycles. The van der Waals surface area contributed by atoms with Crippen LogP contribution in [-0.2, 0) is 11.3 Å². The summed E-state index contributed by atoms with van der Waals surface area (Å²) < 4.78 is 9.05. The number of benzene rings is 1. The van der Waals surface area contributed by atoms with E-state index in [9.17, 15) is 9.90 Å². The molecule has 0 unspecified atom stereocenters. The van der Waals surface area contributed by atoms with Crippen molar-refractivity contribution in [1.82, 2.24) is 34.3 Å². The van der Waals surface area contributed by atoms with Gasteiger partial charge >= 0.3 is 18.9 Å². The van der Waals surface area contributed by atoms with Gasteiger partial charge in [0, 0.05) is 43.2 Å². The number of morpholine rings is 1. The Hall–Kier alpha value is -4.04. The minimum atomic E-state index is -1.37. The zero-order valence-electron chi connectivity index (χ0n) is 21.1. The summed E-state index contributed by atoms with van der Waals surface area (Å²) >= 11 is 0. The summed E-state index contributed by atoms with van der Waals surface area (Å²) in [5, 5.41) is 16.1. The van der Waals surface area contributed by atoms with E-state index in [0.717, 1.165) is 17.0 Å². The molecular weight excluding hydrogens is 479 g/mol. The number of carbonyl (C=O) groups excluding carboxylic acids is 1. The van der Waals surface area contributed by atoms with Crippen LogP contribution in [0.2, 0.25) is 0 Å². The molecule has 0 spiro atoms. The van der Waals surface area contributed by atoms with Crippen molar-refractivity contribution in [2.45, 2.75) is 13.5 Å². The van der Waals surface area contributed by atoms with Crippen LogP contribution in [-0.4, -0.2) is 66.6 Å². The molecule has 0 amide bonds. The van der Waals surface area contributed by atoms with Gasteiger partial charge in [-0.15, -0.1) is 0 Å². The van der Waals surface area contributed by atoms with Gasteiger partial charge in [0.05, 0.1) is 24.9 Å². The van der Waals surface area contributed by atoms with Crippen LogP contribution in [0.25, 0.3) is 39.8 Å². The van der Waals surface area contributed by atoms with E-state index in [-0.39, 0.29) is 30.5 Å². The standard InChI is InChI=1S/C26H24N8O3.Li/c1-2-33-22(18-8-10-27-11-9-18)28-21-23(32-12-14-37-15-13-32)29-26(30-24(21)33)34-20(16-19(31-34)25(35)36)17-6-4-3-5-7-17;/h3-11,16H,2,12-15H2,1H3,(H,35,36);/q;+1/p-1. The van der Waals surface area contributed by atoms with Crippen LogP contribution in [0.15, 0.2) is 60.9 Å². The van der Waals surface area contributed by atoms with Crippen molar-refractivity contribution in [1.29, 1.82) is 0 Å². The van der Waals surface area contributed by atoms with E-state index in [1.165, 1.54) is 10.7 Å². The van der Waals surface area contributed by atoms with E-state index in [4.69, 9.17) is 19.7 Å². The van der Waals surface area contributed by atoms with Gasteiger partial charge in [-0.25, -0.2) is 4.98 Å². The second kappa shape index (κ2) is 10.7. The molecule has 38 heavy (non-hydrogen) atoms. The van der Waals surface area contributed by atoms with Gasteiger partial charge in [0.1, 0.15) is 11.5 Å². The molecular formula is C26H23LiN8O3. The van der Waals surface area contributed by atoms with E-state index in [2.05, 4.69) is 15.0 Å². The Bertz CT molecular complexity index is 1580. The molecule has 12 heteroatoms. The molecule has 1 aliphatic rings. The predicted octanol–water partition coefficient (Wildman–Crippen LogP) is -1.03. The first-order valence-electron chi connectivity index (χ1n) is 12.0. The number of pyridine rings is 1. The third-order valence-electron chi connectivity index (χ3n) is 6.31. The second-order valence-corrected chi connectivity index (χ2v) is 8.51. The number of fused-ring (bicyclic) bond motifs is 1. The van der Waals surface area contributed by atoms with E-state index >= 15 is 0 Å². The first kappa shape index (κ1) is 25.6.